The molecule has 0 bridgehead atoms. The summed E-state index contributed by atoms with van der Waals surface area (Å²) in [6, 6.07) is 4.99. The van der Waals surface area contributed by atoms with Gasteiger partial charge in [-0.3, -0.25) is 0 Å². The summed E-state index contributed by atoms with van der Waals surface area (Å²) in [5.41, 5.74) is 0.388. The molecule has 1 N–H and O–H groups in total. The zero-order chi connectivity index (χ0) is 10.6. The minimum Gasteiger partial charge on any atom is -0.495 e. The van der Waals surface area contributed by atoms with Crippen molar-refractivity contribution in [3.63, 3.8) is 0 Å². The maximum Gasteiger partial charge on any atom is 0.382 e. The Morgan fingerprint density at radius 1 is 1.57 bits per heavy atom. The summed E-state index contributed by atoms with van der Waals surface area (Å²) < 4.78 is 4.98. The van der Waals surface area contributed by atoms with E-state index >= 15 is 0 Å². The number of hydrogen-bond acceptors (Lipinski definition) is 2. The monoisotopic (exact) mass is 210 g/mol. The van der Waals surface area contributed by atoms with Gasteiger partial charge in [0.2, 0.25) is 0 Å². The Bertz CT molecular complexity index is 415. The standard InChI is InChI=1S/C10H7ClO3/c1-14-9-4-2-3-8(11)7(9)5-6-10(12)13/h2-4H,1H3,(H,12,13). The third kappa shape index (κ3) is 2.41. The van der Waals surface area contributed by atoms with Gasteiger partial charge in [-0.15, -0.1) is 0 Å². The summed E-state index contributed by atoms with van der Waals surface area (Å²) in [5, 5.41) is 8.75. The summed E-state index contributed by atoms with van der Waals surface area (Å²) in [5.74, 6) is 3.67. The molecular formula is C10H7ClO3. The van der Waals surface area contributed by atoms with Crippen molar-refractivity contribution in [2.75, 3.05) is 7.11 Å². The van der Waals surface area contributed by atoms with Crippen molar-refractivity contribution >= 4 is 17.6 Å². The lowest BCUT2D eigenvalue weighted by atomic mass is 10.2. The normalized spacial score (nSPS) is 8.71. The van der Waals surface area contributed by atoms with Gasteiger partial charge in [-0.05, 0) is 18.1 Å². The molecule has 0 unspecified atom stereocenters. The van der Waals surface area contributed by atoms with Crippen LogP contribution in [0.2, 0.25) is 5.02 Å². The zero-order valence-electron chi connectivity index (χ0n) is 7.37. The van der Waals surface area contributed by atoms with Gasteiger partial charge in [0.15, 0.2) is 0 Å². The number of carbonyl (C=O) groups is 1. The number of rotatable bonds is 1. The Kier molecular flexibility index (Phi) is 3.38. The molecule has 72 valence electrons. The Balaban J connectivity index is 3.19. The maximum absolute atomic E-state index is 10.2. The van der Waals surface area contributed by atoms with Crippen LogP contribution in [0.15, 0.2) is 18.2 Å². The SMILES string of the molecule is COc1cccc(Cl)c1C#CC(=O)O. The molecule has 4 heteroatoms. The fourth-order valence-electron chi connectivity index (χ4n) is 0.912. The summed E-state index contributed by atoms with van der Waals surface area (Å²) in [4.78, 5) is 10.2. The highest BCUT2D eigenvalue weighted by molar-refractivity contribution is 6.32. The molecule has 3 nitrogen and oxygen atoms in total. The van der Waals surface area contributed by atoms with E-state index < -0.39 is 5.97 Å². The largest absolute Gasteiger partial charge is 0.495 e. The van der Waals surface area contributed by atoms with Crippen LogP contribution < -0.4 is 4.74 Å². The first-order valence-corrected chi connectivity index (χ1v) is 4.10. The lowest BCUT2D eigenvalue weighted by Crippen LogP contribution is -1.91. The van der Waals surface area contributed by atoms with E-state index in [0.717, 1.165) is 0 Å². The topological polar surface area (TPSA) is 46.5 Å². The summed E-state index contributed by atoms with van der Waals surface area (Å²) in [6.45, 7) is 0. The quantitative estimate of drug-likeness (QED) is 0.719. The Labute approximate surface area is 86.3 Å². The fraction of sp³-hybridized carbons (Fsp3) is 0.100. The van der Waals surface area contributed by atoms with Crippen LogP contribution in [-0.4, -0.2) is 18.2 Å². The predicted octanol–water partition coefficient (Wildman–Crippen LogP) is 1.78. The first-order chi connectivity index (χ1) is 6.65. The van der Waals surface area contributed by atoms with Gasteiger partial charge < -0.3 is 9.84 Å². The average Bonchev–Trinajstić information content (AvgIpc) is 2.15. The van der Waals surface area contributed by atoms with Gasteiger partial charge in [0.25, 0.3) is 0 Å². The lowest BCUT2D eigenvalue weighted by molar-refractivity contribution is -0.130. The van der Waals surface area contributed by atoms with E-state index in [1.165, 1.54) is 7.11 Å². The molecule has 1 rings (SSSR count). The molecule has 0 radical (unpaired) electrons. The maximum atomic E-state index is 10.2. The molecule has 0 aromatic heterocycles. The van der Waals surface area contributed by atoms with E-state index in [-0.39, 0.29) is 0 Å². The van der Waals surface area contributed by atoms with Crippen molar-refractivity contribution in [2.45, 2.75) is 0 Å². The van der Waals surface area contributed by atoms with E-state index in [4.69, 9.17) is 21.4 Å². The summed E-state index contributed by atoms with van der Waals surface area (Å²) in [6.07, 6.45) is 0. The third-order valence-corrected chi connectivity index (χ3v) is 1.80. The number of aliphatic carboxylic acids is 1. The number of halogens is 1. The van der Waals surface area contributed by atoms with E-state index in [9.17, 15) is 4.79 Å². The van der Waals surface area contributed by atoms with E-state index in [1.54, 1.807) is 18.2 Å². The van der Waals surface area contributed by atoms with Crippen LogP contribution in [0.1, 0.15) is 5.56 Å². The van der Waals surface area contributed by atoms with Gasteiger partial charge in [-0.25, -0.2) is 4.79 Å². The van der Waals surface area contributed by atoms with Crippen molar-refractivity contribution in [1.82, 2.24) is 0 Å². The Morgan fingerprint density at radius 3 is 2.86 bits per heavy atom. The Morgan fingerprint density at radius 2 is 2.29 bits per heavy atom. The fourth-order valence-corrected chi connectivity index (χ4v) is 1.12. The van der Waals surface area contributed by atoms with Crippen LogP contribution in [-0.2, 0) is 4.79 Å². The first-order valence-electron chi connectivity index (χ1n) is 3.72. The second-order valence-electron chi connectivity index (χ2n) is 2.37. The van der Waals surface area contributed by atoms with Gasteiger partial charge >= 0.3 is 5.97 Å². The molecule has 0 spiro atoms. The molecule has 0 saturated heterocycles. The first kappa shape index (κ1) is 10.4. The number of ether oxygens (including phenoxy) is 1. The summed E-state index contributed by atoms with van der Waals surface area (Å²) >= 11 is 5.82. The van der Waals surface area contributed by atoms with Gasteiger partial charge in [-0.1, -0.05) is 17.7 Å². The van der Waals surface area contributed by atoms with Crippen molar-refractivity contribution < 1.29 is 14.6 Å². The second kappa shape index (κ2) is 4.54. The van der Waals surface area contributed by atoms with E-state index in [1.807, 2.05) is 5.92 Å². The molecule has 0 saturated carbocycles. The molecule has 0 aliphatic rings. The van der Waals surface area contributed by atoms with Gasteiger partial charge in [0.05, 0.1) is 17.7 Å². The number of carboxylic acids is 1. The van der Waals surface area contributed by atoms with Crippen LogP contribution in [0.25, 0.3) is 0 Å². The molecule has 0 amide bonds. The summed E-state index contributed by atoms with van der Waals surface area (Å²) in [7, 11) is 1.47. The molecule has 0 aliphatic carbocycles. The smallest absolute Gasteiger partial charge is 0.382 e. The van der Waals surface area contributed by atoms with Crippen molar-refractivity contribution in [3.05, 3.63) is 28.8 Å². The van der Waals surface area contributed by atoms with Crippen LogP contribution in [0.5, 0.6) is 5.75 Å². The molecule has 0 atom stereocenters. The average molecular weight is 211 g/mol. The molecule has 1 aromatic rings. The van der Waals surface area contributed by atoms with Crippen molar-refractivity contribution in [2.24, 2.45) is 0 Å². The van der Waals surface area contributed by atoms with E-state index in [2.05, 4.69) is 5.92 Å². The zero-order valence-corrected chi connectivity index (χ0v) is 8.13. The van der Waals surface area contributed by atoms with Crippen LogP contribution in [0, 0.1) is 11.8 Å². The van der Waals surface area contributed by atoms with Crippen molar-refractivity contribution in [1.29, 1.82) is 0 Å². The number of hydrogen-bond donors (Lipinski definition) is 1. The predicted molar refractivity (Wildman–Crippen MR) is 52.5 cm³/mol. The van der Waals surface area contributed by atoms with Crippen LogP contribution >= 0.6 is 11.6 Å². The Hall–Kier alpha value is -1.66. The minimum atomic E-state index is -1.20. The van der Waals surface area contributed by atoms with Crippen LogP contribution in [0.4, 0.5) is 0 Å². The number of benzene rings is 1. The van der Waals surface area contributed by atoms with Gasteiger partial charge in [-0.2, -0.15) is 0 Å². The second-order valence-corrected chi connectivity index (χ2v) is 2.78. The molecule has 14 heavy (non-hydrogen) atoms. The minimum absolute atomic E-state index is 0.373. The van der Waals surface area contributed by atoms with Gasteiger partial charge in [0.1, 0.15) is 5.75 Å². The number of carboxylic acid groups (broad SMARTS) is 1. The molecule has 0 aliphatic heterocycles. The molecule has 1 aromatic carbocycles. The lowest BCUT2D eigenvalue weighted by Gasteiger charge is -2.03. The highest BCUT2D eigenvalue weighted by atomic mass is 35.5. The van der Waals surface area contributed by atoms with Crippen molar-refractivity contribution in [3.8, 4) is 17.6 Å². The van der Waals surface area contributed by atoms with E-state index in [0.29, 0.717) is 16.3 Å². The highest BCUT2D eigenvalue weighted by Gasteiger charge is 2.04. The molecular weight excluding hydrogens is 204 g/mol. The van der Waals surface area contributed by atoms with Gasteiger partial charge in [0, 0.05) is 5.92 Å². The molecule has 0 fully saturated rings. The molecule has 0 heterocycles. The number of methoxy groups -OCH3 is 1. The highest BCUT2D eigenvalue weighted by Crippen LogP contribution is 2.24. The van der Waals surface area contributed by atoms with Crippen LogP contribution in [0.3, 0.4) is 0 Å². The third-order valence-electron chi connectivity index (χ3n) is 1.49.